The van der Waals surface area contributed by atoms with E-state index in [1.807, 2.05) is 13.0 Å². The van der Waals surface area contributed by atoms with E-state index in [0.29, 0.717) is 6.04 Å². The lowest BCUT2D eigenvalue weighted by Crippen LogP contribution is -2.19. The molecule has 1 unspecified atom stereocenters. The Kier molecular flexibility index (Phi) is 7.83. The molecule has 1 aromatic heterocycles. The first-order chi connectivity index (χ1) is 8.74. The van der Waals surface area contributed by atoms with Gasteiger partial charge < -0.3 is 9.73 Å². The number of hydrogen-bond acceptors (Lipinski definition) is 2. The van der Waals surface area contributed by atoms with Crippen molar-refractivity contribution in [3.63, 3.8) is 0 Å². The number of hydrogen-bond donors (Lipinski definition) is 1. The molecule has 0 aliphatic heterocycles. The minimum absolute atomic E-state index is 0.332. The van der Waals surface area contributed by atoms with Crippen molar-refractivity contribution in [2.75, 3.05) is 6.54 Å². The van der Waals surface area contributed by atoms with Crippen LogP contribution in [-0.2, 0) is 0 Å². The molecule has 0 radical (unpaired) electrons. The SMILES string of the molecule is CCCCCCCCCNC(C)c1ccc(C)o1. The third kappa shape index (κ3) is 6.25. The van der Waals surface area contributed by atoms with Gasteiger partial charge in [0.25, 0.3) is 0 Å². The van der Waals surface area contributed by atoms with E-state index in [2.05, 4.69) is 25.2 Å². The second-order valence-corrected chi connectivity index (χ2v) is 5.25. The summed E-state index contributed by atoms with van der Waals surface area (Å²) in [5.74, 6) is 2.05. The van der Waals surface area contributed by atoms with Crippen molar-refractivity contribution in [2.45, 2.75) is 71.8 Å². The Hall–Kier alpha value is -0.760. The molecular formula is C16H29NO. The summed E-state index contributed by atoms with van der Waals surface area (Å²) >= 11 is 0. The van der Waals surface area contributed by atoms with E-state index in [1.165, 1.54) is 44.9 Å². The maximum absolute atomic E-state index is 5.61. The van der Waals surface area contributed by atoms with Crippen molar-refractivity contribution in [1.82, 2.24) is 5.32 Å². The molecule has 0 saturated heterocycles. The van der Waals surface area contributed by atoms with Crippen LogP contribution in [0, 0.1) is 6.92 Å². The monoisotopic (exact) mass is 251 g/mol. The third-order valence-corrected chi connectivity index (χ3v) is 3.42. The second kappa shape index (κ2) is 9.21. The summed E-state index contributed by atoms with van der Waals surface area (Å²) in [6.45, 7) is 7.52. The minimum Gasteiger partial charge on any atom is -0.465 e. The van der Waals surface area contributed by atoms with Crippen molar-refractivity contribution < 1.29 is 4.42 Å². The van der Waals surface area contributed by atoms with Crippen molar-refractivity contribution in [3.8, 4) is 0 Å². The van der Waals surface area contributed by atoms with Gasteiger partial charge in [0.15, 0.2) is 0 Å². The van der Waals surface area contributed by atoms with Gasteiger partial charge in [-0.1, -0.05) is 45.4 Å². The van der Waals surface area contributed by atoms with E-state index >= 15 is 0 Å². The topological polar surface area (TPSA) is 25.2 Å². The summed E-state index contributed by atoms with van der Waals surface area (Å²) < 4.78 is 5.61. The molecule has 2 nitrogen and oxygen atoms in total. The first-order valence-corrected chi connectivity index (χ1v) is 7.53. The molecule has 1 atom stereocenters. The highest BCUT2D eigenvalue weighted by Crippen LogP contribution is 2.15. The van der Waals surface area contributed by atoms with Gasteiger partial charge in [-0.3, -0.25) is 0 Å². The summed E-state index contributed by atoms with van der Waals surface area (Å²) in [6.07, 6.45) is 9.55. The summed E-state index contributed by atoms with van der Waals surface area (Å²) in [6, 6.07) is 4.43. The number of nitrogens with one attached hydrogen (secondary N) is 1. The molecule has 1 heterocycles. The molecule has 0 amide bonds. The first-order valence-electron chi connectivity index (χ1n) is 7.53. The maximum Gasteiger partial charge on any atom is 0.120 e. The molecule has 0 saturated carbocycles. The highest BCUT2D eigenvalue weighted by atomic mass is 16.3. The van der Waals surface area contributed by atoms with Gasteiger partial charge >= 0.3 is 0 Å². The smallest absolute Gasteiger partial charge is 0.120 e. The quantitative estimate of drug-likeness (QED) is 0.593. The predicted molar refractivity (Wildman–Crippen MR) is 77.9 cm³/mol. The number of furan rings is 1. The third-order valence-electron chi connectivity index (χ3n) is 3.42. The second-order valence-electron chi connectivity index (χ2n) is 5.25. The van der Waals surface area contributed by atoms with E-state index in [1.54, 1.807) is 0 Å². The maximum atomic E-state index is 5.61. The molecule has 0 aromatic carbocycles. The largest absolute Gasteiger partial charge is 0.465 e. The molecule has 1 rings (SSSR count). The Labute approximate surface area is 112 Å². The Bertz CT molecular complexity index is 306. The van der Waals surface area contributed by atoms with Crippen LogP contribution >= 0.6 is 0 Å². The molecular weight excluding hydrogens is 222 g/mol. The van der Waals surface area contributed by atoms with Crippen LogP contribution in [0.5, 0.6) is 0 Å². The van der Waals surface area contributed by atoms with Gasteiger partial charge in [-0.2, -0.15) is 0 Å². The van der Waals surface area contributed by atoms with Crippen molar-refractivity contribution in [2.24, 2.45) is 0 Å². The van der Waals surface area contributed by atoms with E-state index in [9.17, 15) is 0 Å². The first kappa shape index (κ1) is 15.3. The molecule has 0 fully saturated rings. The summed E-state index contributed by atoms with van der Waals surface area (Å²) in [4.78, 5) is 0. The molecule has 1 aromatic rings. The Morgan fingerprint density at radius 1 is 1.06 bits per heavy atom. The van der Waals surface area contributed by atoms with Crippen LogP contribution in [-0.4, -0.2) is 6.54 Å². The molecule has 2 heteroatoms. The lowest BCUT2D eigenvalue weighted by atomic mass is 10.1. The Morgan fingerprint density at radius 2 is 1.72 bits per heavy atom. The van der Waals surface area contributed by atoms with Gasteiger partial charge in [-0.05, 0) is 38.9 Å². The summed E-state index contributed by atoms with van der Waals surface area (Å²) in [7, 11) is 0. The van der Waals surface area contributed by atoms with Crippen LogP contribution < -0.4 is 5.32 Å². The Balaban J connectivity index is 1.97. The lowest BCUT2D eigenvalue weighted by Gasteiger charge is -2.11. The predicted octanol–water partition coefficient (Wildman–Crippen LogP) is 4.99. The zero-order chi connectivity index (χ0) is 13.2. The molecule has 0 aliphatic rings. The average molecular weight is 251 g/mol. The fourth-order valence-corrected chi connectivity index (χ4v) is 2.19. The number of aryl methyl sites for hydroxylation is 1. The normalized spacial score (nSPS) is 12.8. The van der Waals surface area contributed by atoms with Gasteiger partial charge in [-0.25, -0.2) is 0 Å². The molecule has 18 heavy (non-hydrogen) atoms. The molecule has 104 valence electrons. The average Bonchev–Trinajstić information content (AvgIpc) is 2.79. The van der Waals surface area contributed by atoms with Crippen LogP contribution in [0.15, 0.2) is 16.5 Å². The minimum atomic E-state index is 0.332. The van der Waals surface area contributed by atoms with Gasteiger partial charge in [-0.15, -0.1) is 0 Å². The van der Waals surface area contributed by atoms with E-state index in [0.717, 1.165) is 18.1 Å². The zero-order valence-electron chi connectivity index (χ0n) is 12.3. The number of rotatable bonds is 10. The molecule has 0 bridgehead atoms. The molecule has 1 N–H and O–H groups in total. The van der Waals surface area contributed by atoms with Gasteiger partial charge in [0, 0.05) is 0 Å². The fraction of sp³-hybridized carbons (Fsp3) is 0.750. The van der Waals surface area contributed by atoms with E-state index < -0.39 is 0 Å². The van der Waals surface area contributed by atoms with Crippen molar-refractivity contribution in [3.05, 3.63) is 23.7 Å². The van der Waals surface area contributed by atoms with Crippen LogP contribution in [0.4, 0.5) is 0 Å². The zero-order valence-corrected chi connectivity index (χ0v) is 12.3. The molecule has 0 aliphatic carbocycles. The van der Waals surface area contributed by atoms with Crippen molar-refractivity contribution in [1.29, 1.82) is 0 Å². The van der Waals surface area contributed by atoms with Crippen LogP contribution in [0.1, 0.15) is 76.4 Å². The Morgan fingerprint density at radius 3 is 2.33 bits per heavy atom. The van der Waals surface area contributed by atoms with Gasteiger partial charge in [0.2, 0.25) is 0 Å². The van der Waals surface area contributed by atoms with Crippen LogP contribution in [0.2, 0.25) is 0 Å². The van der Waals surface area contributed by atoms with Crippen molar-refractivity contribution >= 4 is 0 Å². The number of unbranched alkanes of at least 4 members (excludes halogenated alkanes) is 6. The summed E-state index contributed by atoms with van der Waals surface area (Å²) in [5.41, 5.74) is 0. The standard InChI is InChI=1S/C16H29NO/c1-4-5-6-7-8-9-10-13-17-15(3)16-12-11-14(2)18-16/h11-12,15,17H,4-10,13H2,1-3H3. The highest BCUT2D eigenvalue weighted by molar-refractivity contribution is 5.08. The van der Waals surface area contributed by atoms with Gasteiger partial charge in [0.1, 0.15) is 11.5 Å². The summed E-state index contributed by atoms with van der Waals surface area (Å²) in [5, 5.41) is 3.52. The van der Waals surface area contributed by atoms with Crippen LogP contribution in [0.3, 0.4) is 0 Å². The van der Waals surface area contributed by atoms with Gasteiger partial charge in [0.05, 0.1) is 6.04 Å². The lowest BCUT2D eigenvalue weighted by molar-refractivity contribution is 0.412. The van der Waals surface area contributed by atoms with Crippen LogP contribution in [0.25, 0.3) is 0 Å². The fourth-order valence-electron chi connectivity index (χ4n) is 2.19. The van der Waals surface area contributed by atoms with E-state index in [-0.39, 0.29) is 0 Å². The molecule has 0 spiro atoms. The highest BCUT2D eigenvalue weighted by Gasteiger charge is 2.07. The van der Waals surface area contributed by atoms with E-state index in [4.69, 9.17) is 4.42 Å².